The van der Waals surface area contributed by atoms with Crippen LogP contribution in [0.4, 0.5) is 0 Å². The molecule has 2 aliphatic rings. The Morgan fingerprint density at radius 2 is 1.74 bits per heavy atom. The van der Waals surface area contributed by atoms with E-state index in [0.717, 1.165) is 44.3 Å². The fourth-order valence-corrected chi connectivity index (χ4v) is 3.31. The summed E-state index contributed by atoms with van der Waals surface area (Å²) in [7, 11) is 0. The number of carbonyl (C=O) groups is 2. The predicted octanol–water partition coefficient (Wildman–Crippen LogP) is 2.90. The second kappa shape index (κ2) is 7.16. The first kappa shape index (κ1) is 16.0. The first-order valence-corrected chi connectivity index (χ1v) is 8.81. The molecule has 1 aromatic rings. The van der Waals surface area contributed by atoms with Gasteiger partial charge in [0.05, 0.1) is 0 Å². The number of carbonyl (C=O) groups excluding carboxylic acids is 2. The Hall–Kier alpha value is -1.84. The average molecular weight is 314 g/mol. The van der Waals surface area contributed by atoms with Gasteiger partial charge in [0.25, 0.3) is 0 Å². The molecule has 1 heterocycles. The van der Waals surface area contributed by atoms with Gasteiger partial charge in [0.1, 0.15) is 6.04 Å². The molecule has 1 N–H and O–H groups in total. The van der Waals surface area contributed by atoms with Gasteiger partial charge in [0.2, 0.25) is 11.8 Å². The minimum atomic E-state index is -0.553. The molecule has 124 valence electrons. The van der Waals surface area contributed by atoms with Gasteiger partial charge in [-0.1, -0.05) is 37.3 Å². The molecule has 0 aromatic heterocycles. The van der Waals surface area contributed by atoms with E-state index in [4.69, 9.17) is 0 Å². The Morgan fingerprint density at radius 3 is 2.35 bits per heavy atom. The number of nitrogens with zero attached hydrogens (tertiary/aromatic N) is 1. The lowest BCUT2D eigenvalue weighted by Gasteiger charge is -2.31. The third kappa shape index (κ3) is 3.92. The summed E-state index contributed by atoms with van der Waals surface area (Å²) in [4.78, 5) is 27.4. The van der Waals surface area contributed by atoms with Crippen LogP contribution in [0, 0.1) is 11.8 Å². The zero-order valence-electron chi connectivity index (χ0n) is 13.8. The van der Waals surface area contributed by atoms with Crippen LogP contribution in [0.3, 0.4) is 0 Å². The van der Waals surface area contributed by atoms with Crippen molar-refractivity contribution < 1.29 is 9.59 Å². The largest absolute Gasteiger partial charge is 0.341 e. The molecule has 1 aromatic carbocycles. The van der Waals surface area contributed by atoms with E-state index in [2.05, 4.69) is 5.32 Å². The summed E-state index contributed by atoms with van der Waals surface area (Å²) >= 11 is 0. The van der Waals surface area contributed by atoms with Gasteiger partial charge >= 0.3 is 0 Å². The quantitative estimate of drug-likeness (QED) is 0.908. The highest BCUT2D eigenvalue weighted by Crippen LogP contribution is 2.37. The lowest BCUT2D eigenvalue weighted by molar-refractivity contribution is -0.138. The topological polar surface area (TPSA) is 49.4 Å². The minimum absolute atomic E-state index is 0.00429. The van der Waals surface area contributed by atoms with Gasteiger partial charge in [-0.15, -0.1) is 0 Å². The number of rotatable bonds is 5. The fraction of sp³-hybridized carbons (Fsp3) is 0.579. The smallest absolute Gasteiger partial charge is 0.249 e. The van der Waals surface area contributed by atoms with E-state index < -0.39 is 6.04 Å². The molecule has 23 heavy (non-hydrogen) atoms. The van der Waals surface area contributed by atoms with Crippen LogP contribution in [0.5, 0.6) is 0 Å². The zero-order valence-corrected chi connectivity index (χ0v) is 13.8. The molecule has 2 amide bonds. The monoisotopic (exact) mass is 314 g/mol. The van der Waals surface area contributed by atoms with Gasteiger partial charge in [0, 0.05) is 19.0 Å². The van der Waals surface area contributed by atoms with Crippen LogP contribution < -0.4 is 5.32 Å². The van der Waals surface area contributed by atoms with E-state index in [-0.39, 0.29) is 17.7 Å². The van der Waals surface area contributed by atoms with E-state index in [9.17, 15) is 9.59 Å². The molecular weight excluding hydrogens is 288 g/mol. The summed E-state index contributed by atoms with van der Waals surface area (Å²) in [6.45, 7) is 3.58. The van der Waals surface area contributed by atoms with Crippen molar-refractivity contribution in [3.63, 3.8) is 0 Å². The van der Waals surface area contributed by atoms with Gasteiger partial charge in [-0.3, -0.25) is 9.59 Å². The van der Waals surface area contributed by atoms with Crippen LogP contribution in [0.2, 0.25) is 0 Å². The van der Waals surface area contributed by atoms with Gasteiger partial charge in [-0.05, 0) is 43.6 Å². The molecule has 1 saturated carbocycles. The first-order valence-electron chi connectivity index (χ1n) is 8.81. The number of amides is 2. The van der Waals surface area contributed by atoms with Crippen LogP contribution >= 0.6 is 0 Å². The zero-order chi connectivity index (χ0) is 16.2. The van der Waals surface area contributed by atoms with E-state index in [1.807, 2.05) is 42.2 Å². The van der Waals surface area contributed by atoms with Crippen molar-refractivity contribution in [2.75, 3.05) is 13.1 Å². The molecule has 4 heteroatoms. The van der Waals surface area contributed by atoms with E-state index >= 15 is 0 Å². The van der Waals surface area contributed by atoms with Gasteiger partial charge in [-0.25, -0.2) is 0 Å². The van der Waals surface area contributed by atoms with Crippen LogP contribution in [0.15, 0.2) is 30.3 Å². The molecule has 4 nitrogen and oxygen atoms in total. The second-order valence-corrected chi connectivity index (χ2v) is 6.86. The summed E-state index contributed by atoms with van der Waals surface area (Å²) in [6, 6.07) is 9.07. The van der Waals surface area contributed by atoms with Gasteiger partial charge < -0.3 is 10.2 Å². The maximum atomic E-state index is 13.0. The Bertz CT molecular complexity index is 548. The SMILES string of the molecule is CC(C(=O)NC(C(=O)N1CCCCC1)c1ccccc1)C1CC1. The molecule has 1 saturated heterocycles. The third-order valence-electron chi connectivity index (χ3n) is 5.08. The number of benzene rings is 1. The van der Waals surface area contributed by atoms with Crippen molar-refractivity contribution in [2.45, 2.75) is 45.1 Å². The van der Waals surface area contributed by atoms with Gasteiger partial charge in [0.15, 0.2) is 0 Å². The first-order chi connectivity index (χ1) is 11.2. The number of likely N-dealkylation sites (tertiary alicyclic amines) is 1. The van der Waals surface area contributed by atoms with Crippen LogP contribution in [0.1, 0.15) is 50.6 Å². The Kier molecular flexibility index (Phi) is 4.99. The van der Waals surface area contributed by atoms with E-state index in [0.29, 0.717) is 5.92 Å². The lowest BCUT2D eigenvalue weighted by Crippen LogP contribution is -2.46. The number of piperidine rings is 1. The van der Waals surface area contributed by atoms with Crippen molar-refractivity contribution >= 4 is 11.8 Å². The highest BCUT2D eigenvalue weighted by atomic mass is 16.2. The highest BCUT2D eigenvalue weighted by Gasteiger charge is 2.35. The lowest BCUT2D eigenvalue weighted by atomic mass is 10.0. The Labute approximate surface area is 138 Å². The van der Waals surface area contributed by atoms with Crippen molar-refractivity contribution in [2.24, 2.45) is 11.8 Å². The number of hydrogen-bond donors (Lipinski definition) is 1. The van der Waals surface area contributed by atoms with Crippen molar-refractivity contribution in [1.82, 2.24) is 10.2 Å². The Morgan fingerprint density at radius 1 is 1.09 bits per heavy atom. The molecule has 3 rings (SSSR count). The van der Waals surface area contributed by atoms with Crippen LogP contribution in [-0.4, -0.2) is 29.8 Å². The molecule has 2 atom stereocenters. The molecule has 0 spiro atoms. The fourth-order valence-electron chi connectivity index (χ4n) is 3.31. The molecule has 1 aliphatic carbocycles. The third-order valence-corrected chi connectivity index (χ3v) is 5.08. The summed E-state index contributed by atoms with van der Waals surface area (Å²) in [5, 5.41) is 3.02. The molecule has 0 radical (unpaired) electrons. The molecule has 1 aliphatic heterocycles. The summed E-state index contributed by atoms with van der Waals surface area (Å²) < 4.78 is 0. The van der Waals surface area contributed by atoms with E-state index in [1.165, 1.54) is 6.42 Å². The average Bonchev–Trinajstić information content (AvgIpc) is 3.45. The number of hydrogen-bond acceptors (Lipinski definition) is 2. The summed E-state index contributed by atoms with van der Waals surface area (Å²) in [5.74, 6) is 0.533. The van der Waals surface area contributed by atoms with Crippen molar-refractivity contribution in [3.05, 3.63) is 35.9 Å². The van der Waals surface area contributed by atoms with Gasteiger partial charge in [-0.2, -0.15) is 0 Å². The predicted molar refractivity (Wildman–Crippen MR) is 89.6 cm³/mol. The Balaban J connectivity index is 1.75. The molecule has 0 bridgehead atoms. The molecule has 2 unspecified atom stereocenters. The van der Waals surface area contributed by atoms with E-state index in [1.54, 1.807) is 0 Å². The summed E-state index contributed by atoms with van der Waals surface area (Å²) in [5.41, 5.74) is 0.874. The molecule has 2 fully saturated rings. The second-order valence-electron chi connectivity index (χ2n) is 6.86. The standard InChI is InChI=1S/C19H26N2O2/c1-14(15-10-11-15)18(22)20-17(16-8-4-2-5-9-16)19(23)21-12-6-3-7-13-21/h2,4-5,8-9,14-15,17H,3,6-7,10-13H2,1H3,(H,20,22). The summed E-state index contributed by atoms with van der Waals surface area (Å²) in [6.07, 6.45) is 5.56. The molecular formula is C19H26N2O2. The van der Waals surface area contributed by atoms with Crippen LogP contribution in [0.25, 0.3) is 0 Å². The van der Waals surface area contributed by atoms with Crippen LogP contribution in [-0.2, 0) is 9.59 Å². The maximum Gasteiger partial charge on any atom is 0.249 e. The van der Waals surface area contributed by atoms with Crippen molar-refractivity contribution in [1.29, 1.82) is 0 Å². The maximum absolute atomic E-state index is 13.0. The number of nitrogens with one attached hydrogen (secondary N) is 1. The normalized spacial score (nSPS) is 20.7. The minimum Gasteiger partial charge on any atom is -0.341 e. The van der Waals surface area contributed by atoms with Crippen molar-refractivity contribution in [3.8, 4) is 0 Å². The highest BCUT2D eigenvalue weighted by molar-refractivity contribution is 5.89.